The zero-order chi connectivity index (χ0) is 47.2. The molecule has 350 valence electrons. The van der Waals surface area contributed by atoms with E-state index in [2.05, 4.69) is 238 Å². The minimum absolute atomic E-state index is 0. The summed E-state index contributed by atoms with van der Waals surface area (Å²) in [5, 5.41) is 2.23. The van der Waals surface area contributed by atoms with E-state index < -0.39 is 0 Å². The van der Waals surface area contributed by atoms with Crippen molar-refractivity contribution in [2.24, 2.45) is 0 Å². The molecule has 6 aromatic carbocycles. The maximum atomic E-state index is 6.73. The fraction of sp³-hybridized carbons (Fsp3) is 0.194. The van der Waals surface area contributed by atoms with Crippen molar-refractivity contribution >= 4 is 56.8 Å². The monoisotopic (exact) mass is 1090 g/mol. The van der Waals surface area contributed by atoms with Gasteiger partial charge in [0, 0.05) is 73.1 Å². The zero-order valence-electron chi connectivity index (χ0n) is 40.8. The Kier molecular flexibility index (Phi) is 11.2. The molecule has 6 nitrogen and oxygen atoms in total. The summed E-state index contributed by atoms with van der Waals surface area (Å²) in [7, 11) is 0. The van der Waals surface area contributed by atoms with Crippen molar-refractivity contribution in [1.82, 2.24) is 14.4 Å². The molecule has 0 spiro atoms. The van der Waals surface area contributed by atoms with Gasteiger partial charge >= 0.3 is 6.85 Å². The van der Waals surface area contributed by atoms with Gasteiger partial charge in [0.25, 0.3) is 0 Å². The molecule has 0 unspecified atom stereocenters. The molecule has 4 aliphatic rings. The van der Waals surface area contributed by atoms with E-state index in [1.807, 2.05) is 24.4 Å². The smallest absolute Gasteiger partial charge is 0.322 e. The quantitative estimate of drug-likeness (QED) is 0.117. The number of fused-ring (bicyclic) bond motifs is 6. The number of allylic oxidation sites excluding steroid dienone is 3. The molecule has 0 bridgehead atoms. The molecule has 0 fully saturated rings. The average Bonchev–Trinajstić information content (AvgIpc) is 3.91. The molecule has 12 rings (SSSR count). The molecule has 70 heavy (non-hydrogen) atoms. The molecule has 0 saturated carbocycles. The van der Waals surface area contributed by atoms with Gasteiger partial charge in [-0.25, -0.2) is 4.98 Å². The number of aromatic nitrogens is 2. The summed E-state index contributed by atoms with van der Waals surface area (Å²) >= 11 is 0. The molecule has 1 aliphatic carbocycles. The second-order valence-electron chi connectivity index (χ2n) is 21.3. The Morgan fingerprint density at radius 1 is 0.671 bits per heavy atom. The molecule has 0 saturated heterocycles. The number of nitrogens with zero attached hydrogens (tertiary/aromatic N) is 5. The second-order valence-corrected chi connectivity index (χ2v) is 21.3. The van der Waals surface area contributed by atoms with Gasteiger partial charge in [0.05, 0.1) is 0 Å². The Hall–Kier alpha value is -6.82. The van der Waals surface area contributed by atoms with Crippen LogP contribution in [0.2, 0.25) is 0 Å². The maximum absolute atomic E-state index is 6.73. The predicted octanol–water partition coefficient (Wildman–Crippen LogP) is 15.2. The van der Waals surface area contributed by atoms with Crippen molar-refractivity contribution < 1.29 is 25.8 Å². The molecule has 0 amide bonds. The Bertz CT molecular complexity index is 3480. The van der Waals surface area contributed by atoms with E-state index in [1.165, 1.54) is 45.3 Å². The van der Waals surface area contributed by atoms with Crippen LogP contribution in [0.3, 0.4) is 0 Å². The van der Waals surface area contributed by atoms with Gasteiger partial charge in [-0.15, -0.1) is 48.1 Å². The van der Waals surface area contributed by atoms with E-state index in [4.69, 9.17) is 9.72 Å². The van der Waals surface area contributed by atoms with E-state index in [0.29, 0.717) is 11.5 Å². The number of rotatable bonds is 7. The Labute approximate surface area is 427 Å². The Morgan fingerprint density at radius 2 is 1.40 bits per heavy atom. The molecule has 8 heteroatoms. The van der Waals surface area contributed by atoms with Crippen molar-refractivity contribution in [2.45, 2.75) is 77.6 Å². The van der Waals surface area contributed by atoms with Crippen molar-refractivity contribution in [1.29, 1.82) is 0 Å². The van der Waals surface area contributed by atoms with Crippen LogP contribution < -0.4 is 14.5 Å². The summed E-state index contributed by atoms with van der Waals surface area (Å²) in [6.45, 7) is 18.6. The van der Waals surface area contributed by atoms with Crippen molar-refractivity contribution in [3.8, 4) is 17.3 Å². The van der Waals surface area contributed by atoms with E-state index in [9.17, 15) is 0 Å². The van der Waals surface area contributed by atoms with Crippen LogP contribution >= 0.6 is 0 Å². The van der Waals surface area contributed by atoms with Gasteiger partial charge in [-0.05, 0) is 110 Å². The molecular weight excluding hydrogens is 1040 g/mol. The van der Waals surface area contributed by atoms with Gasteiger partial charge in [0.2, 0.25) is 0 Å². The number of para-hydroxylation sites is 3. The largest absolute Gasteiger partial charge is 0.509 e. The summed E-state index contributed by atoms with van der Waals surface area (Å²) in [5.74, 6) is 4.37. The summed E-state index contributed by atoms with van der Waals surface area (Å²) in [6.07, 6.45) is 13.1. The standard InChI is InChI=1S/C62H55BN5O.Pt/c1-60(2,3)44-30-34-64-57(37-44)68-53-23-12-11-22-48(53)49-28-27-47(39-56(49)68)69-46-21-17-20-45(38-46)66-41-67(55-25-14-13-24-54(55)66)59-50(43-26-29-51-52(36-43)62(6,7)32-31-61(51,4)5)40-65-35-16-15-33-63(65)58(59)42-18-9-8-10-19-42;/h8-30,33-37,40-41H,31-32H2,1-7H3;/q-3;. The van der Waals surface area contributed by atoms with Gasteiger partial charge in [-0.3, -0.25) is 0 Å². The molecule has 2 aromatic heterocycles. The molecule has 8 aromatic rings. The first-order valence-corrected chi connectivity index (χ1v) is 24.3. The molecule has 0 N–H and O–H groups in total. The molecule has 0 atom stereocenters. The van der Waals surface area contributed by atoms with Gasteiger partial charge in [-0.1, -0.05) is 145 Å². The molecule has 5 heterocycles. The van der Waals surface area contributed by atoms with Crippen LogP contribution in [-0.4, -0.2) is 21.2 Å². The number of pyridine rings is 1. The number of hydrogen-bond donors (Lipinski definition) is 0. The van der Waals surface area contributed by atoms with Crippen LogP contribution in [0, 0.1) is 18.8 Å². The van der Waals surface area contributed by atoms with Gasteiger partial charge in [-0.2, -0.15) is 12.1 Å². The maximum Gasteiger partial charge on any atom is 0.322 e. The second kappa shape index (κ2) is 17.2. The minimum atomic E-state index is -0.0296. The van der Waals surface area contributed by atoms with Gasteiger partial charge in [0.1, 0.15) is 5.82 Å². The van der Waals surface area contributed by atoms with Gasteiger partial charge < -0.3 is 23.9 Å². The van der Waals surface area contributed by atoms with Gasteiger partial charge in [0.15, 0.2) is 0 Å². The van der Waals surface area contributed by atoms with Crippen molar-refractivity contribution in [3.63, 3.8) is 0 Å². The number of ether oxygens (including phenoxy) is 1. The first kappa shape index (κ1) is 45.6. The summed E-state index contributed by atoms with van der Waals surface area (Å²) in [6, 6.07) is 57.3. The molecule has 3 aliphatic heterocycles. The first-order chi connectivity index (χ1) is 33.3. The number of hydrogen-bond acceptors (Lipinski definition) is 5. The van der Waals surface area contributed by atoms with E-state index in [1.54, 1.807) is 0 Å². The third kappa shape index (κ3) is 7.74. The topological polar surface area (TPSA) is 36.8 Å². The van der Waals surface area contributed by atoms with Crippen molar-refractivity contribution in [3.05, 3.63) is 229 Å². The van der Waals surface area contributed by atoms with Crippen LogP contribution in [-0.2, 0) is 37.3 Å². The summed E-state index contributed by atoms with van der Waals surface area (Å²) in [5.41, 5.74) is 15.2. The zero-order valence-corrected chi connectivity index (χ0v) is 43.0. The van der Waals surface area contributed by atoms with E-state index >= 15 is 0 Å². The van der Waals surface area contributed by atoms with E-state index in [-0.39, 0.29) is 44.2 Å². The minimum Gasteiger partial charge on any atom is -0.509 e. The van der Waals surface area contributed by atoms with Crippen molar-refractivity contribution in [2.75, 3.05) is 9.80 Å². The SMILES string of the molecule is CC(C)(C)c1ccnc(-n2c3[c-]c(Oc4[c-]c(N5[CH-]N(C6=C(c7ccccc7)B7C=CC=CN7C=C6c6ccc7c(c6)C(C)(C)CCC7(C)C)c6ccccc65)ccc4)ccc3c3ccccc32)c1.[Pt]. The average molecular weight is 1090 g/mol. The van der Waals surface area contributed by atoms with Crippen LogP contribution in [0.15, 0.2) is 182 Å². The summed E-state index contributed by atoms with van der Waals surface area (Å²) < 4.78 is 8.93. The first-order valence-electron chi connectivity index (χ1n) is 24.3. The van der Waals surface area contributed by atoms with Crippen LogP contribution in [0.5, 0.6) is 11.5 Å². The predicted molar refractivity (Wildman–Crippen MR) is 286 cm³/mol. The van der Waals surface area contributed by atoms with E-state index in [0.717, 1.165) is 56.8 Å². The third-order valence-electron chi connectivity index (χ3n) is 14.8. The normalized spacial score (nSPS) is 16.8. The summed E-state index contributed by atoms with van der Waals surface area (Å²) in [4.78, 5) is 11.9. The molecular formula is C62H55BN5OPt-3. The third-order valence-corrected chi connectivity index (χ3v) is 14.8. The van der Waals surface area contributed by atoms with Crippen LogP contribution in [0.1, 0.15) is 89.1 Å². The van der Waals surface area contributed by atoms with Crippen LogP contribution in [0.4, 0.5) is 17.1 Å². The number of benzene rings is 6. The fourth-order valence-corrected chi connectivity index (χ4v) is 10.9. The Balaban J connectivity index is 0.00000533. The van der Waals surface area contributed by atoms with Crippen LogP contribution in [0.25, 0.3) is 38.7 Å². The Morgan fingerprint density at radius 3 is 2.20 bits per heavy atom. The number of anilines is 3. The molecule has 0 radical (unpaired) electrons. The fourth-order valence-electron chi connectivity index (χ4n) is 10.9.